The lowest BCUT2D eigenvalue weighted by Crippen LogP contribution is -1.96. The lowest BCUT2D eigenvalue weighted by Gasteiger charge is -2.04. The van der Waals surface area contributed by atoms with Gasteiger partial charge in [0.25, 0.3) is 5.78 Å². The first-order valence-electron chi connectivity index (χ1n) is 8.78. The zero-order chi connectivity index (χ0) is 20.8. The number of methoxy groups -OCH3 is 2. The SMILES string of the molecule is COc1ccc(-c2ccnc3nc(N)nn23)cc1.COc1ccc(C(C)=O)cc1. The van der Waals surface area contributed by atoms with E-state index in [0.29, 0.717) is 11.3 Å². The second-order valence-electron chi connectivity index (χ2n) is 6.03. The van der Waals surface area contributed by atoms with Gasteiger partial charge in [0.2, 0.25) is 5.95 Å². The number of ketones is 1. The maximum absolute atomic E-state index is 10.8. The minimum absolute atomic E-state index is 0.0765. The van der Waals surface area contributed by atoms with Gasteiger partial charge in [-0.2, -0.15) is 9.50 Å². The van der Waals surface area contributed by atoms with Gasteiger partial charge < -0.3 is 15.2 Å². The molecule has 4 aromatic rings. The van der Waals surface area contributed by atoms with Crippen LogP contribution in [0.5, 0.6) is 11.5 Å². The molecule has 0 fully saturated rings. The number of nitrogen functional groups attached to an aromatic ring is 1. The number of nitrogens with two attached hydrogens (primary N) is 1. The van der Waals surface area contributed by atoms with Gasteiger partial charge in [-0.1, -0.05) is 0 Å². The Bertz CT molecular complexity index is 1110. The number of anilines is 1. The molecule has 0 aliphatic rings. The van der Waals surface area contributed by atoms with E-state index >= 15 is 0 Å². The Hall–Kier alpha value is -3.94. The molecule has 2 aromatic heterocycles. The van der Waals surface area contributed by atoms with Crippen molar-refractivity contribution < 1.29 is 14.3 Å². The first-order valence-corrected chi connectivity index (χ1v) is 8.78. The molecule has 0 spiro atoms. The van der Waals surface area contributed by atoms with Gasteiger partial charge in [0.05, 0.1) is 19.9 Å². The highest BCUT2D eigenvalue weighted by Crippen LogP contribution is 2.22. The van der Waals surface area contributed by atoms with Gasteiger partial charge >= 0.3 is 0 Å². The predicted molar refractivity (Wildman–Crippen MR) is 110 cm³/mol. The fourth-order valence-electron chi connectivity index (χ4n) is 2.62. The number of aromatic nitrogens is 4. The number of Topliss-reactive ketones (excluding diaryl/α,β-unsaturated/α-hetero) is 1. The van der Waals surface area contributed by atoms with Crippen molar-refractivity contribution in [3.8, 4) is 22.8 Å². The Morgan fingerprint density at radius 1 is 0.931 bits per heavy atom. The summed E-state index contributed by atoms with van der Waals surface area (Å²) < 4.78 is 11.7. The van der Waals surface area contributed by atoms with E-state index < -0.39 is 0 Å². The molecule has 0 amide bonds. The molecule has 2 N–H and O–H groups in total. The summed E-state index contributed by atoms with van der Waals surface area (Å²) >= 11 is 0. The molecule has 148 valence electrons. The summed E-state index contributed by atoms with van der Waals surface area (Å²) in [6.07, 6.45) is 1.68. The number of ether oxygens (including phenoxy) is 2. The normalized spacial score (nSPS) is 10.2. The van der Waals surface area contributed by atoms with Gasteiger partial charge in [-0.25, -0.2) is 4.98 Å². The van der Waals surface area contributed by atoms with Crippen LogP contribution < -0.4 is 15.2 Å². The molecule has 0 saturated carbocycles. The van der Waals surface area contributed by atoms with Crippen molar-refractivity contribution in [2.24, 2.45) is 0 Å². The molecule has 8 nitrogen and oxygen atoms in total. The average Bonchev–Trinajstić information content (AvgIpc) is 3.14. The molecular weight excluding hydrogens is 370 g/mol. The second kappa shape index (κ2) is 8.83. The molecule has 0 aliphatic heterocycles. The Labute approximate surface area is 167 Å². The third kappa shape index (κ3) is 4.67. The Morgan fingerprint density at radius 2 is 1.52 bits per heavy atom. The zero-order valence-corrected chi connectivity index (χ0v) is 16.4. The molecule has 0 radical (unpaired) electrons. The molecule has 4 rings (SSSR count). The van der Waals surface area contributed by atoms with E-state index in [4.69, 9.17) is 15.2 Å². The highest BCUT2D eigenvalue weighted by molar-refractivity contribution is 5.94. The standard InChI is InChI=1S/C12H11N5O.C9H10O2/c1-18-9-4-2-8(3-5-9)10-6-7-14-12-15-11(13)16-17(10)12;1-7(10)8-3-5-9(11-2)6-4-8/h2-7H,1H3,(H2,13,16);3-6H,1-2H3. The van der Waals surface area contributed by atoms with Gasteiger partial charge in [0.1, 0.15) is 11.5 Å². The van der Waals surface area contributed by atoms with E-state index in [9.17, 15) is 4.79 Å². The first-order chi connectivity index (χ1) is 14.0. The largest absolute Gasteiger partial charge is 0.497 e. The number of hydrogen-bond acceptors (Lipinski definition) is 7. The van der Waals surface area contributed by atoms with Gasteiger partial charge in [-0.15, -0.1) is 5.10 Å². The summed E-state index contributed by atoms with van der Waals surface area (Å²) in [5.74, 6) is 2.36. The van der Waals surface area contributed by atoms with E-state index in [0.717, 1.165) is 22.8 Å². The van der Waals surface area contributed by atoms with E-state index in [1.54, 1.807) is 56.1 Å². The van der Waals surface area contributed by atoms with Gasteiger partial charge in [-0.05, 0) is 61.5 Å². The van der Waals surface area contributed by atoms with Crippen molar-refractivity contribution in [3.05, 3.63) is 66.4 Å². The van der Waals surface area contributed by atoms with Crippen molar-refractivity contribution in [2.75, 3.05) is 20.0 Å². The maximum Gasteiger partial charge on any atom is 0.254 e. The van der Waals surface area contributed by atoms with Crippen LogP contribution in [0.1, 0.15) is 17.3 Å². The Balaban J connectivity index is 0.000000188. The first kappa shape index (κ1) is 19.8. The fraction of sp³-hybridized carbons (Fsp3) is 0.143. The summed E-state index contributed by atoms with van der Waals surface area (Å²) in [5.41, 5.74) is 8.17. The molecule has 0 unspecified atom stereocenters. The van der Waals surface area contributed by atoms with Crippen LogP contribution in [-0.2, 0) is 0 Å². The minimum atomic E-state index is 0.0765. The molecule has 0 atom stereocenters. The summed E-state index contributed by atoms with van der Waals surface area (Å²) in [6, 6.07) is 16.6. The Kier molecular flexibility index (Phi) is 6.03. The van der Waals surface area contributed by atoms with Crippen molar-refractivity contribution in [1.82, 2.24) is 19.6 Å². The van der Waals surface area contributed by atoms with Crippen LogP contribution in [0.15, 0.2) is 60.8 Å². The number of rotatable bonds is 4. The van der Waals surface area contributed by atoms with E-state index in [1.807, 2.05) is 30.3 Å². The second-order valence-corrected chi connectivity index (χ2v) is 6.03. The van der Waals surface area contributed by atoms with Crippen LogP contribution in [0.4, 0.5) is 5.95 Å². The molecule has 0 aliphatic carbocycles. The van der Waals surface area contributed by atoms with Crippen molar-refractivity contribution in [1.29, 1.82) is 0 Å². The zero-order valence-electron chi connectivity index (χ0n) is 16.4. The number of benzene rings is 2. The third-order valence-corrected chi connectivity index (χ3v) is 4.14. The molecule has 29 heavy (non-hydrogen) atoms. The summed E-state index contributed by atoms with van der Waals surface area (Å²) in [7, 11) is 3.24. The molecule has 0 bridgehead atoms. The average molecular weight is 391 g/mol. The Morgan fingerprint density at radius 3 is 2.07 bits per heavy atom. The highest BCUT2D eigenvalue weighted by atomic mass is 16.5. The van der Waals surface area contributed by atoms with Crippen molar-refractivity contribution in [3.63, 3.8) is 0 Å². The lowest BCUT2D eigenvalue weighted by atomic mass is 10.1. The highest BCUT2D eigenvalue weighted by Gasteiger charge is 2.08. The number of carbonyl (C=O) groups excluding carboxylic acids is 1. The van der Waals surface area contributed by atoms with Gasteiger partial charge in [0, 0.05) is 17.3 Å². The molecule has 2 heterocycles. The van der Waals surface area contributed by atoms with Crippen LogP contribution in [0.25, 0.3) is 17.0 Å². The van der Waals surface area contributed by atoms with Crippen LogP contribution in [0.2, 0.25) is 0 Å². The van der Waals surface area contributed by atoms with Gasteiger partial charge in [-0.3, -0.25) is 4.79 Å². The van der Waals surface area contributed by atoms with Gasteiger partial charge in [0.15, 0.2) is 5.78 Å². The summed E-state index contributed by atoms with van der Waals surface area (Å²) in [6.45, 7) is 1.54. The fourth-order valence-corrected chi connectivity index (χ4v) is 2.62. The maximum atomic E-state index is 10.8. The number of hydrogen-bond donors (Lipinski definition) is 1. The summed E-state index contributed by atoms with van der Waals surface area (Å²) in [5, 5.41) is 4.12. The van der Waals surface area contributed by atoms with Crippen LogP contribution >= 0.6 is 0 Å². The number of carbonyl (C=O) groups is 1. The van der Waals surface area contributed by atoms with Crippen molar-refractivity contribution >= 4 is 17.5 Å². The van der Waals surface area contributed by atoms with Crippen LogP contribution in [-0.4, -0.2) is 39.6 Å². The minimum Gasteiger partial charge on any atom is -0.497 e. The summed E-state index contributed by atoms with van der Waals surface area (Å²) in [4.78, 5) is 18.9. The van der Waals surface area contributed by atoms with E-state index in [-0.39, 0.29) is 11.7 Å². The van der Waals surface area contributed by atoms with Crippen LogP contribution in [0.3, 0.4) is 0 Å². The van der Waals surface area contributed by atoms with E-state index in [1.165, 1.54) is 0 Å². The van der Waals surface area contributed by atoms with E-state index in [2.05, 4.69) is 15.1 Å². The monoisotopic (exact) mass is 391 g/mol. The van der Waals surface area contributed by atoms with Crippen molar-refractivity contribution in [2.45, 2.75) is 6.92 Å². The number of fused-ring (bicyclic) bond motifs is 1. The smallest absolute Gasteiger partial charge is 0.254 e. The molecular formula is C21H21N5O3. The topological polar surface area (TPSA) is 105 Å². The lowest BCUT2D eigenvalue weighted by molar-refractivity contribution is 0.101. The molecule has 8 heteroatoms. The quantitative estimate of drug-likeness (QED) is 0.532. The molecule has 2 aromatic carbocycles. The number of nitrogens with zero attached hydrogens (tertiary/aromatic N) is 4. The molecule has 0 saturated heterocycles. The van der Waals surface area contributed by atoms with Crippen LogP contribution in [0, 0.1) is 0 Å². The predicted octanol–water partition coefficient (Wildman–Crippen LogP) is 3.28. The third-order valence-electron chi connectivity index (χ3n) is 4.14.